The fourth-order valence-electron chi connectivity index (χ4n) is 3.19. The second-order valence-corrected chi connectivity index (χ2v) is 6.17. The molecule has 0 spiro atoms. The zero-order valence-corrected chi connectivity index (χ0v) is 18.5. The number of benzene rings is 1. The molecule has 0 amide bonds. The van der Waals surface area contributed by atoms with E-state index in [0.717, 1.165) is 43.5 Å². The monoisotopic (exact) mass is 476 g/mol. The van der Waals surface area contributed by atoms with Crippen LogP contribution in [0.15, 0.2) is 29.3 Å². The first-order chi connectivity index (χ1) is 12.3. The Kier molecular flexibility index (Phi) is 11.6. The molecule has 1 aliphatic rings. The van der Waals surface area contributed by atoms with Crippen LogP contribution in [0.3, 0.4) is 0 Å². The molecular formula is C19H33IN4O2. The predicted molar refractivity (Wildman–Crippen MR) is 118 cm³/mol. The predicted octanol–water partition coefficient (Wildman–Crippen LogP) is 2.48. The smallest absolute Gasteiger partial charge is 0.191 e. The summed E-state index contributed by atoms with van der Waals surface area (Å²) >= 11 is 0. The van der Waals surface area contributed by atoms with Crippen LogP contribution in [0, 0.1) is 0 Å². The molecule has 1 heterocycles. The van der Waals surface area contributed by atoms with Crippen molar-refractivity contribution in [3.05, 3.63) is 29.8 Å². The van der Waals surface area contributed by atoms with Gasteiger partial charge >= 0.3 is 0 Å². The topological polar surface area (TPSA) is 58.1 Å². The minimum Gasteiger partial charge on any atom is -0.494 e. The largest absolute Gasteiger partial charge is 0.494 e. The Balaban J connectivity index is 0.00000338. The van der Waals surface area contributed by atoms with Crippen molar-refractivity contribution in [1.82, 2.24) is 15.5 Å². The molecule has 0 aliphatic carbocycles. The molecule has 1 aromatic rings. The maximum atomic E-state index is 5.68. The highest BCUT2D eigenvalue weighted by Gasteiger charge is 2.23. The fourth-order valence-corrected chi connectivity index (χ4v) is 3.19. The van der Waals surface area contributed by atoms with Crippen LogP contribution in [-0.4, -0.2) is 63.9 Å². The van der Waals surface area contributed by atoms with E-state index >= 15 is 0 Å². The lowest BCUT2D eigenvalue weighted by Gasteiger charge is -2.25. The number of rotatable bonds is 9. The zero-order chi connectivity index (χ0) is 17.9. The molecule has 1 fully saturated rings. The summed E-state index contributed by atoms with van der Waals surface area (Å²) in [5.74, 6) is 1.75. The normalized spacial score (nSPS) is 17.7. The quantitative estimate of drug-likeness (QED) is 0.326. The summed E-state index contributed by atoms with van der Waals surface area (Å²) in [6, 6.07) is 8.65. The Morgan fingerprint density at radius 3 is 2.85 bits per heavy atom. The van der Waals surface area contributed by atoms with Crippen LogP contribution in [0.4, 0.5) is 0 Å². The number of guanidine groups is 1. The van der Waals surface area contributed by atoms with Crippen molar-refractivity contribution in [2.24, 2.45) is 4.99 Å². The van der Waals surface area contributed by atoms with Crippen LogP contribution >= 0.6 is 24.0 Å². The van der Waals surface area contributed by atoms with Gasteiger partial charge in [-0.05, 0) is 32.4 Å². The van der Waals surface area contributed by atoms with Crippen molar-refractivity contribution in [2.45, 2.75) is 32.4 Å². The van der Waals surface area contributed by atoms with Gasteiger partial charge in [-0.3, -0.25) is 9.89 Å². The zero-order valence-electron chi connectivity index (χ0n) is 16.2. The van der Waals surface area contributed by atoms with Crippen molar-refractivity contribution >= 4 is 29.9 Å². The van der Waals surface area contributed by atoms with E-state index in [4.69, 9.17) is 9.47 Å². The van der Waals surface area contributed by atoms with Gasteiger partial charge in [-0.25, -0.2) is 0 Å². The first kappa shape index (κ1) is 23.0. The number of likely N-dealkylation sites (tertiary alicyclic amines) is 1. The minimum absolute atomic E-state index is 0. The molecule has 2 N–H and O–H groups in total. The van der Waals surface area contributed by atoms with E-state index in [0.29, 0.717) is 19.2 Å². The first-order valence-corrected chi connectivity index (χ1v) is 9.16. The van der Waals surface area contributed by atoms with Gasteiger partial charge in [0.1, 0.15) is 5.75 Å². The highest BCUT2D eigenvalue weighted by Crippen LogP contribution is 2.18. The molecule has 0 saturated carbocycles. The highest BCUT2D eigenvalue weighted by atomic mass is 127. The first-order valence-electron chi connectivity index (χ1n) is 9.16. The highest BCUT2D eigenvalue weighted by molar-refractivity contribution is 14.0. The van der Waals surface area contributed by atoms with E-state index in [1.165, 1.54) is 12.8 Å². The standard InChI is InChI=1S/C19H32N4O2.HI/c1-4-25-18-10-6-5-8-16(18)14-21-19(20-2)22-15-17-9-7-11-23(17)12-13-24-3;/h5-6,8,10,17H,4,7,9,11-15H2,1-3H3,(H2,20,21,22);1H. The summed E-state index contributed by atoms with van der Waals surface area (Å²) < 4.78 is 10.9. The van der Waals surface area contributed by atoms with Crippen molar-refractivity contribution in [3.63, 3.8) is 0 Å². The van der Waals surface area contributed by atoms with E-state index in [1.54, 1.807) is 14.2 Å². The number of hydrogen-bond acceptors (Lipinski definition) is 4. The lowest BCUT2D eigenvalue weighted by atomic mass is 10.2. The van der Waals surface area contributed by atoms with Gasteiger partial charge in [0.05, 0.1) is 13.2 Å². The summed E-state index contributed by atoms with van der Waals surface area (Å²) in [6.45, 7) is 7.20. The van der Waals surface area contributed by atoms with Gasteiger partial charge in [0.2, 0.25) is 0 Å². The number of aliphatic imine (C=N–C) groups is 1. The molecule has 6 nitrogen and oxygen atoms in total. The van der Waals surface area contributed by atoms with E-state index in [2.05, 4.69) is 26.6 Å². The second kappa shape index (κ2) is 13.2. The van der Waals surface area contributed by atoms with Crippen molar-refractivity contribution in [2.75, 3.05) is 47.0 Å². The van der Waals surface area contributed by atoms with Crippen molar-refractivity contribution in [3.8, 4) is 5.75 Å². The van der Waals surface area contributed by atoms with Crippen LogP contribution in [-0.2, 0) is 11.3 Å². The van der Waals surface area contributed by atoms with Gasteiger partial charge in [-0.15, -0.1) is 24.0 Å². The number of halogens is 1. The van der Waals surface area contributed by atoms with Crippen LogP contribution in [0.1, 0.15) is 25.3 Å². The van der Waals surface area contributed by atoms with Gasteiger partial charge in [0, 0.05) is 45.4 Å². The summed E-state index contributed by atoms with van der Waals surface area (Å²) in [4.78, 5) is 6.83. The Labute approximate surface area is 174 Å². The molecule has 0 radical (unpaired) electrons. The molecule has 0 aromatic heterocycles. The van der Waals surface area contributed by atoms with E-state index in [-0.39, 0.29) is 24.0 Å². The minimum atomic E-state index is 0. The molecule has 1 saturated heterocycles. The van der Waals surface area contributed by atoms with Gasteiger partial charge < -0.3 is 20.1 Å². The molecule has 2 rings (SSSR count). The lowest BCUT2D eigenvalue weighted by Crippen LogP contribution is -2.45. The number of para-hydroxylation sites is 1. The van der Waals surface area contributed by atoms with Crippen molar-refractivity contribution in [1.29, 1.82) is 0 Å². The summed E-state index contributed by atoms with van der Waals surface area (Å²) in [6.07, 6.45) is 2.48. The van der Waals surface area contributed by atoms with E-state index < -0.39 is 0 Å². The molecule has 7 heteroatoms. The lowest BCUT2D eigenvalue weighted by molar-refractivity contribution is 0.141. The van der Waals surface area contributed by atoms with E-state index in [9.17, 15) is 0 Å². The third-order valence-electron chi connectivity index (χ3n) is 4.53. The molecule has 1 atom stereocenters. The summed E-state index contributed by atoms with van der Waals surface area (Å²) in [5.41, 5.74) is 1.13. The third kappa shape index (κ3) is 7.28. The number of methoxy groups -OCH3 is 1. The Morgan fingerprint density at radius 2 is 2.12 bits per heavy atom. The number of hydrogen-bond donors (Lipinski definition) is 2. The van der Waals surface area contributed by atoms with Crippen LogP contribution in [0.5, 0.6) is 5.75 Å². The Morgan fingerprint density at radius 1 is 1.31 bits per heavy atom. The average Bonchev–Trinajstić information content (AvgIpc) is 3.09. The maximum absolute atomic E-state index is 5.68. The Bertz CT molecular complexity index is 542. The molecule has 148 valence electrons. The van der Waals surface area contributed by atoms with Crippen LogP contribution < -0.4 is 15.4 Å². The van der Waals surface area contributed by atoms with Gasteiger partial charge in [0.25, 0.3) is 0 Å². The molecule has 26 heavy (non-hydrogen) atoms. The second-order valence-electron chi connectivity index (χ2n) is 6.17. The number of nitrogens with one attached hydrogen (secondary N) is 2. The average molecular weight is 476 g/mol. The SMILES string of the molecule is CCOc1ccccc1CNC(=NC)NCC1CCCN1CCOC.I. The van der Waals surface area contributed by atoms with Crippen LogP contribution in [0.25, 0.3) is 0 Å². The van der Waals surface area contributed by atoms with E-state index in [1.807, 2.05) is 25.1 Å². The van der Waals surface area contributed by atoms with Crippen molar-refractivity contribution < 1.29 is 9.47 Å². The molecule has 1 aliphatic heterocycles. The summed E-state index contributed by atoms with van der Waals surface area (Å²) in [7, 11) is 3.57. The van der Waals surface area contributed by atoms with Gasteiger partial charge in [0.15, 0.2) is 5.96 Å². The number of ether oxygens (including phenoxy) is 2. The number of nitrogens with zero attached hydrogens (tertiary/aromatic N) is 2. The fraction of sp³-hybridized carbons (Fsp3) is 0.632. The maximum Gasteiger partial charge on any atom is 0.191 e. The van der Waals surface area contributed by atoms with Crippen LogP contribution in [0.2, 0.25) is 0 Å². The molecule has 1 unspecified atom stereocenters. The summed E-state index contributed by atoms with van der Waals surface area (Å²) in [5, 5.41) is 6.84. The van der Waals surface area contributed by atoms with Gasteiger partial charge in [-0.2, -0.15) is 0 Å². The van der Waals surface area contributed by atoms with Gasteiger partial charge in [-0.1, -0.05) is 18.2 Å². The Hall–Kier alpha value is -1.06. The third-order valence-corrected chi connectivity index (χ3v) is 4.53. The molecule has 1 aromatic carbocycles. The molecule has 0 bridgehead atoms. The molecular weight excluding hydrogens is 443 g/mol.